The highest BCUT2D eigenvalue weighted by Crippen LogP contribution is 2.23. The molecule has 0 saturated heterocycles. The summed E-state index contributed by atoms with van der Waals surface area (Å²) in [5.74, 6) is 0. The molecule has 94 valence electrons. The minimum absolute atomic E-state index is 0.0268. The van der Waals surface area contributed by atoms with Crippen LogP contribution in [0.4, 0.5) is 0 Å². The third-order valence-corrected chi connectivity index (χ3v) is 3.47. The smallest absolute Gasteiger partial charge is 0.0622 e. The Hall–Kier alpha value is -1.38. The number of aryl methyl sites for hydroxylation is 1. The predicted molar refractivity (Wildman–Crippen MR) is 75.7 cm³/mol. The molecular weight excluding hydrogens is 244 g/mol. The molecule has 2 aromatic rings. The summed E-state index contributed by atoms with van der Waals surface area (Å²) in [5.41, 5.74) is 9.84. The highest BCUT2D eigenvalue weighted by molar-refractivity contribution is 6.31. The van der Waals surface area contributed by atoms with Gasteiger partial charge in [0.2, 0.25) is 0 Å². The highest BCUT2D eigenvalue weighted by Gasteiger charge is 2.12. The third-order valence-electron chi connectivity index (χ3n) is 3.13. The van der Waals surface area contributed by atoms with Crippen LogP contribution >= 0.6 is 11.6 Å². The summed E-state index contributed by atoms with van der Waals surface area (Å²) in [5, 5.41) is 0.682. The van der Waals surface area contributed by atoms with Crippen LogP contribution in [0.5, 0.6) is 0 Å². The molecule has 18 heavy (non-hydrogen) atoms. The van der Waals surface area contributed by atoms with Crippen molar-refractivity contribution in [1.29, 1.82) is 0 Å². The second-order valence-corrected chi connectivity index (χ2v) is 4.74. The average Bonchev–Trinajstić information content (AvgIpc) is 2.41. The van der Waals surface area contributed by atoms with Crippen molar-refractivity contribution in [2.75, 3.05) is 0 Å². The molecule has 2 nitrogen and oxygen atoms in total. The van der Waals surface area contributed by atoms with Gasteiger partial charge >= 0.3 is 0 Å². The lowest BCUT2D eigenvalue weighted by Crippen LogP contribution is -2.15. The molecular formula is C15H17ClN2. The zero-order chi connectivity index (χ0) is 13.0. The fraction of sp³-hybridized carbons (Fsp3) is 0.267. The van der Waals surface area contributed by atoms with Crippen LogP contribution in [0.15, 0.2) is 42.7 Å². The Kier molecular flexibility index (Phi) is 4.34. The van der Waals surface area contributed by atoms with Crippen LogP contribution in [0.3, 0.4) is 0 Å². The maximum absolute atomic E-state index is 6.29. The molecule has 1 unspecified atom stereocenters. The quantitative estimate of drug-likeness (QED) is 0.913. The molecule has 1 aromatic carbocycles. The van der Waals surface area contributed by atoms with Crippen LogP contribution in [0.2, 0.25) is 5.02 Å². The van der Waals surface area contributed by atoms with E-state index in [9.17, 15) is 0 Å². The molecule has 2 N–H and O–H groups in total. The van der Waals surface area contributed by atoms with Crippen LogP contribution in [0.25, 0.3) is 0 Å². The van der Waals surface area contributed by atoms with E-state index in [0.717, 1.165) is 18.4 Å². The van der Waals surface area contributed by atoms with Crippen LogP contribution in [-0.2, 0) is 12.8 Å². The van der Waals surface area contributed by atoms with Gasteiger partial charge in [-0.05, 0) is 35.6 Å². The van der Waals surface area contributed by atoms with Gasteiger partial charge in [-0.2, -0.15) is 0 Å². The Morgan fingerprint density at radius 2 is 2.00 bits per heavy atom. The summed E-state index contributed by atoms with van der Waals surface area (Å²) in [6, 6.07) is 10.2. The van der Waals surface area contributed by atoms with Crippen molar-refractivity contribution in [3.8, 4) is 0 Å². The molecule has 0 saturated carbocycles. The first-order valence-corrected chi connectivity index (χ1v) is 6.52. The van der Waals surface area contributed by atoms with Crippen LogP contribution in [0.1, 0.15) is 29.7 Å². The average molecular weight is 261 g/mol. The van der Waals surface area contributed by atoms with Gasteiger partial charge < -0.3 is 5.73 Å². The van der Waals surface area contributed by atoms with E-state index < -0.39 is 0 Å². The monoisotopic (exact) mass is 260 g/mol. The number of hydrogen-bond donors (Lipinski definition) is 1. The number of aromatic nitrogens is 1. The molecule has 0 bridgehead atoms. The predicted octanol–water partition coefficient (Wildman–Crippen LogP) is 3.54. The topological polar surface area (TPSA) is 38.9 Å². The summed E-state index contributed by atoms with van der Waals surface area (Å²) in [6.45, 7) is 2.14. The minimum atomic E-state index is -0.0268. The van der Waals surface area contributed by atoms with E-state index in [1.54, 1.807) is 12.4 Å². The van der Waals surface area contributed by atoms with E-state index in [4.69, 9.17) is 17.3 Å². The summed E-state index contributed by atoms with van der Waals surface area (Å²) >= 11 is 6.11. The summed E-state index contributed by atoms with van der Waals surface area (Å²) < 4.78 is 0. The number of rotatable bonds is 4. The van der Waals surface area contributed by atoms with E-state index in [1.807, 2.05) is 12.1 Å². The van der Waals surface area contributed by atoms with E-state index in [2.05, 4.69) is 30.1 Å². The number of halogens is 1. The summed E-state index contributed by atoms with van der Waals surface area (Å²) in [7, 11) is 0. The lowest BCUT2D eigenvalue weighted by molar-refractivity contribution is 0.711. The van der Waals surface area contributed by atoms with Gasteiger partial charge in [-0.15, -0.1) is 0 Å². The summed E-state index contributed by atoms with van der Waals surface area (Å²) in [6.07, 6.45) is 5.14. The van der Waals surface area contributed by atoms with Gasteiger partial charge in [0.05, 0.1) is 5.02 Å². The lowest BCUT2D eigenvalue weighted by Gasteiger charge is -2.16. The van der Waals surface area contributed by atoms with Gasteiger partial charge in [0, 0.05) is 18.4 Å². The lowest BCUT2D eigenvalue weighted by atomic mass is 9.95. The molecule has 1 atom stereocenters. The van der Waals surface area contributed by atoms with Crippen molar-refractivity contribution < 1.29 is 0 Å². The Balaban J connectivity index is 2.22. The second kappa shape index (κ2) is 5.98. The van der Waals surface area contributed by atoms with E-state index in [1.165, 1.54) is 11.1 Å². The maximum atomic E-state index is 6.29. The minimum Gasteiger partial charge on any atom is -0.324 e. The SMILES string of the molecule is CCc1ccccc1C(N)Cc1ccncc1Cl. The molecule has 0 fully saturated rings. The largest absolute Gasteiger partial charge is 0.324 e. The third kappa shape index (κ3) is 2.89. The number of nitrogens with zero attached hydrogens (tertiary/aromatic N) is 1. The molecule has 0 aliphatic rings. The normalized spacial score (nSPS) is 12.4. The van der Waals surface area contributed by atoms with E-state index in [0.29, 0.717) is 5.02 Å². The Morgan fingerprint density at radius 1 is 1.22 bits per heavy atom. The molecule has 0 aliphatic carbocycles. The van der Waals surface area contributed by atoms with Gasteiger partial charge in [-0.1, -0.05) is 42.8 Å². The van der Waals surface area contributed by atoms with E-state index in [-0.39, 0.29) is 6.04 Å². The highest BCUT2D eigenvalue weighted by atomic mass is 35.5. The van der Waals surface area contributed by atoms with Gasteiger partial charge in [0.15, 0.2) is 0 Å². The first kappa shape index (κ1) is 13.1. The van der Waals surface area contributed by atoms with Crippen molar-refractivity contribution in [1.82, 2.24) is 4.98 Å². The number of hydrogen-bond acceptors (Lipinski definition) is 2. The first-order valence-electron chi connectivity index (χ1n) is 6.14. The Morgan fingerprint density at radius 3 is 2.72 bits per heavy atom. The van der Waals surface area contributed by atoms with Crippen molar-refractivity contribution in [2.24, 2.45) is 5.73 Å². The molecule has 2 rings (SSSR count). The first-order chi connectivity index (χ1) is 8.72. The fourth-order valence-corrected chi connectivity index (χ4v) is 2.33. The van der Waals surface area contributed by atoms with Gasteiger partial charge in [0.1, 0.15) is 0 Å². The van der Waals surface area contributed by atoms with Crippen LogP contribution < -0.4 is 5.73 Å². The van der Waals surface area contributed by atoms with Gasteiger partial charge in [-0.3, -0.25) is 4.98 Å². The molecule has 0 radical (unpaired) electrons. The van der Waals surface area contributed by atoms with Crippen LogP contribution in [-0.4, -0.2) is 4.98 Å². The molecule has 0 spiro atoms. The molecule has 0 amide bonds. The zero-order valence-corrected chi connectivity index (χ0v) is 11.2. The van der Waals surface area contributed by atoms with Gasteiger partial charge in [-0.25, -0.2) is 0 Å². The number of benzene rings is 1. The van der Waals surface area contributed by atoms with Gasteiger partial charge in [0.25, 0.3) is 0 Å². The standard InChI is InChI=1S/C15H17ClN2/c1-2-11-5-3-4-6-13(11)15(17)9-12-7-8-18-10-14(12)16/h3-8,10,15H,2,9,17H2,1H3. The van der Waals surface area contributed by atoms with Crippen molar-refractivity contribution in [3.05, 3.63) is 64.4 Å². The second-order valence-electron chi connectivity index (χ2n) is 4.33. The summed E-state index contributed by atoms with van der Waals surface area (Å²) in [4.78, 5) is 3.99. The molecule has 1 aromatic heterocycles. The zero-order valence-electron chi connectivity index (χ0n) is 10.4. The van der Waals surface area contributed by atoms with Crippen molar-refractivity contribution in [2.45, 2.75) is 25.8 Å². The van der Waals surface area contributed by atoms with Crippen molar-refractivity contribution in [3.63, 3.8) is 0 Å². The Bertz CT molecular complexity index is 525. The van der Waals surface area contributed by atoms with Crippen molar-refractivity contribution >= 4 is 11.6 Å². The maximum Gasteiger partial charge on any atom is 0.0622 e. The Labute approximate surface area is 113 Å². The van der Waals surface area contributed by atoms with E-state index >= 15 is 0 Å². The number of nitrogens with two attached hydrogens (primary N) is 1. The molecule has 0 aliphatic heterocycles. The molecule has 1 heterocycles. The van der Waals surface area contributed by atoms with Crippen LogP contribution in [0, 0.1) is 0 Å². The fourth-order valence-electron chi connectivity index (χ4n) is 2.13. The molecule has 3 heteroatoms. The number of pyridine rings is 1.